The lowest BCUT2D eigenvalue weighted by atomic mass is 10.0. The van der Waals surface area contributed by atoms with Gasteiger partial charge in [0.2, 0.25) is 0 Å². The molecule has 0 saturated carbocycles. The summed E-state index contributed by atoms with van der Waals surface area (Å²) in [6.07, 6.45) is 1.94. The van der Waals surface area contributed by atoms with Crippen LogP contribution in [-0.4, -0.2) is 22.4 Å². The molecule has 2 aromatic rings. The van der Waals surface area contributed by atoms with Gasteiger partial charge in [0.25, 0.3) is 0 Å². The molecule has 0 aliphatic carbocycles. The van der Waals surface area contributed by atoms with E-state index in [1.807, 2.05) is 6.20 Å². The molecule has 2 rings (SSSR count). The summed E-state index contributed by atoms with van der Waals surface area (Å²) in [6, 6.07) is 8.84. The Morgan fingerprint density at radius 2 is 2.06 bits per heavy atom. The molecule has 0 fully saturated rings. The fourth-order valence-electron chi connectivity index (χ4n) is 2.13. The fraction of sp³-hybridized carbons (Fsp3) is 0.500. The molecule has 17 heavy (non-hydrogen) atoms. The van der Waals surface area contributed by atoms with Crippen molar-refractivity contribution in [3.05, 3.63) is 30.5 Å². The molecule has 3 nitrogen and oxygen atoms in total. The normalized spacial score (nSPS) is 13.4. The van der Waals surface area contributed by atoms with E-state index in [9.17, 15) is 0 Å². The molecule has 1 heterocycles. The highest BCUT2D eigenvalue weighted by molar-refractivity contribution is 5.78. The summed E-state index contributed by atoms with van der Waals surface area (Å²) in [5.41, 5.74) is 1.22. The summed E-state index contributed by atoms with van der Waals surface area (Å²) in [5, 5.41) is 9.21. The van der Waals surface area contributed by atoms with Gasteiger partial charge in [-0.3, -0.25) is 4.68 Å². The van der Waals surface area contributed by atoms with Crippen LogP contribution >= 0.6 is 0 Å². The zero-order valence-corrected chi connectivity index (χ0v) is 10.9. The van der Waals surface area contributed by atoms with Crippen molar-refractivity contribution in [3.8, 4) is 0 Å². The van der Waals surface area contributed by atoms with Crippen LogP contribution in [0.4, 0.5) is 0 Å². The van der Waals surface area contributed by atoms with E-state index in [0.29, 0.717) is 12.0 Å². The molecule has 1 unspecified atom stereocenters. The molecule has 0 bridgehead atoms. The fourth-order valence-corrected chi connectivity index (χ4v) is 2.13. The number of para-hydroxylation sites is 1. The summed E-state index contributed by atoms with van der Waals surface area (Å²) in [7, 11) is 0. The van der Waals surface area contributed by atoms with Gasteiger partial charge in [-0.15, -0.1) is 0 Å². The second-order valence-corrected chi connectivity index (χ2v) is 4.79. The number of rotatable bonds is 5. The van der Waals surface area contributed by atoms with Crippen molar-refractivity contribution in [2.45, 2.75) is 33.4 Å². The minimum atomic E-state index is 0.475. The Morgan fingerprint density at radius 1 is 1.29 bits per heavy atom. The second kappa shape index (κ2) is 5.32. The SMILES string of the molecule is CCNC(Cn1ncc2ccccc21)C(C)C. The van der Waals surface area contributed by atoms with E-state index in [1.165, 1.54) is 10.9 Å². The molecule has 0 radical (unpaired) electrons. The average molecular weight is 231 g/mol. The minimum Gasteiger partial charge on any atom is -0.312 e. The van der Waals surface area contributed by atoms with Crippen molar-refractivity contribution < 1.29 is 0 Å². The van der Waals surface area contributed by atoms with Gasteiger partial charge < -0.3 is 5.32 Å². The molecule has 1 aromatic carbocycles. The van der Waals surface area contributed by atoms with E-state index < -0.39 is 0 Å². The second-order valence-electron chi connectivity index (χ2n) is 4.79. The Bertz CT molecular complexity index is 473. The first-order valence-electron chi connectivity index (χ1n) is 6.36. The Kier molecular flexibility index (Phi) is 3.79. The zero-order valence-electron chi connectivity index (χ0n) is 10.9. The predicted molar refractivity (Wildman–Crippen MR) is 72.0 cm³/mol. The molecule has 92 valence electrons. The van der Waals surface area contributed by atoms with Crippen molar-refractivity contribution in [1.82, 2.24) is 15.1 Å². The van der Waals surface area contributed by atoms with Crippen LogP contribution in [0, 0.1) is 5.92 Å². The van der Waals surface area contributed by atoms with E-state index in [0.717, 1.165) is 13.1 Å². The van der Waals surface area contributed by atoms with Gasteiger partial charge in [0, 0.05) is 11.4 Å². The maximum absolute atomic E-state index is 4.48. The smallest absolute Gasteiger partial charge is 0.0683 e. The van der Waals surface area contributed by atoms with Crippen LogP contribution < -0.4 is 5.32 Å². The van der Waals surface area contributed by atoms with E-state index in [-0.39, 0.29) is 0 Å². The van der Waals surface area contributed by atoms with Gasteiger partial charge in [0.1, 0.15) is 0 Å². The molecule has 0 spiro atoms. The van der Waals surface area contributed by atoms with Crippen LogP contribution in [0.25, 0.3) is 10.9 Å². The molecule has 1 aromatic heterocycles. The maximum Gasteiger partial charge on any atom is 0.0683 e. The third kappa shape index (κ3) is 2.67. The van der Waals surface area contributed by atoms with Crippen LogP contribution in [0.2, 0.25) is 0 Å². The number of nitrogens with zero attached hydrogens (tertiary/aromatic N) is 2. The number of nitrogens with one attached hydrogen (secondary N) is 1. The Labute approximate surface area is 103 Å². The van der Waals surface area contributed by atoms with Gasteiger partial charge in [-0.2, -0.15) is 5.10 Å². The van der Waals surface area contributed by atoms with E-state index in [1.54, 1.807) is 0 Å². The minimum absolute atomic E-state index is 0.475. The van der Waals surface area contributed by atoms with Crippen molar-refractivity contribution in [2.24, 2.45) is 5.92 Å². The van der Waals surface area contributed by atoms with Crippen LogP contribution in [0.5, 0.6) is 0 Å². The average Bonchev–Trinajstić information content (AvgIpc) is 2.72. The van der Waals surface area contributed by atoms with Gasteiger partial charge in [-0.1, -0.05) is 39.0 Å². The van der Waals surface area contributed by atoms with Gasteiger partial charge in [-0.25, -0.2) is 0 Å². The van der Waals surface area contributed by atoms with Crippen LogP contribution in [0.3, 0.4) is 0 Å². The monoisotopic (exact) mass is 231 g/mol. The molecular formula is C14H21N3. The quantitative estimate of drug-likeness (QED) is 0.857. The number of hydrogen-bond donors (Lipinski definition) is 1. The number of fused-ring (bicyclic) bond motifs is 1. The van der Waals surface area contributed by atoms with E-state index in [4.69, 9.17) is 0 Å². The number of aromatic nitrogens is 2. The molecule has 1 N–H and O–H groups in total. The van der Waals surface area contributed by atoms with Crippen molar-refractivity contribution in [1.29, 1.82) is 0 Å². The summed E-state index contributed by atoms with van der Waals surface area (Å²) < 4.78 is 2.10. The Hall–Kier alpha value is -1.35. The first kappa shape index (κ1) is 12.1. The highest BCUT2D eigenvalue weighted by Gasteiger charge is 2.14. The van der Waals surface area contributed by atoms with Crippen molar-refractivity contribution in [2.75, 3.05) is 6.54 Å². The number of likely N-dealkylation sites (N-methyl/N-ethyl adjacent to an activating group) is 1. The lowest BCUT2D eigenvalue weighted by molar-refractivity contribution is 0.353. The molecular weight excluding hydrogens is 210 g/mol. The maximum atomic E-state index is 4.48. The first-order valence-corrected chi connectivity index (χ1v) is 6.36. The predicted octanol–water partition coefficient (Wildman–Crippen LogP) is 2.67. The molecule has 0 aliphatic heterocycles. The molecule has 0 aliphatic rings. The summed E-state index contributed by atoms with van der Waals surface area (Å²) in [4.78, 5) is 0. The topological polar surface area (TPSA) is 29.9 Å². The summed E-state index contributed by atoms with van der Waals surface area (Å²) in [5.74, 6) is 0.609. The Morgan fingerprint density at radius 3 is 2.76 bits per heavy atom. The van der Waals surface area contributed by atoms with E-state index >= 15 is 0 Å². The highest BCUT2D eigenvalue weighted by atomic mass is 15.3. The first-order chi connectivity index (χ1) is 8.22. The van der Waals surface area contributed by atoms with E-state index in [2.05, 4.69) is 60.1 Å². The summed E-state index contributed by atoms with van der Waals surface area (Å²) >= 11 is 0. The van der Waals surface area contributed by atoms with Gasteiger partial charge in [-0.05, 0) is 18.5 Å². The third-order valence-corrected chi connectivity index (χ3v) is 3.19. The molecule has 0 saturated heterocycles. The van der Waals surface area contributed by atoms with Crippen LogP contribution in [0.15, 0.2) is 30.5 Å². The third-order valence-electron chi connectivity index (χ3n) is 3.19. The van der Waals surface area contributed by atoms with Gasteiger partial charge in [0.05, 0.1) is 18.3 Å². The van der Waals surface area contributed by atoms with Crippen molar-refractivity contribution in [3.63, 3.8) is 0 Å². The summed E-state index contributed by atoms with van der Waals surface area (Å²) in [6.45, 7) is 8.58. The van der Waals surface area contributed by atoms with Crippen LogP contribution in [-0.2, 0) is 6.54 Å². The lowest BCUT2D eigenvalue weighted by Gasteiger charge is -2.22. The zero-order chi connectivity index (χ0) is 12.3. The molecule has 1 atom stereocenters. The number of hydrogen-bond acceptors (Lipinski definition) is 2. The van der Waals surface area contributed by atoms with Crippen molar-refractivity contribution >= 4 is 10.9 Å². The Balaban J connectivity index is 2.22. The lowest BCUT2D eigenvalue weighted by Crippen LogP contribution is -2.37. The van der Waals surface area contributed by atoms with Crippen LogP contribution in [0.1, 0.15) is 20.8 Å². The van der Waals surface area contributed by atoms with Gasteiger partial charge in [0.15, 0.2) is 0 Å². The molecule has 3 heteroatoms. The largest absolute Gasteiger partial charge is 0.312 e. The molecule has 0 amide bonds. The highest BCUT2D eigenvalue weighted by Crippen LogP contribution is 2.14. The number of benzene rings is 1. The standard InChI is InChI=1S/C14H21N3/c1-4-15-13(11(2)3)10-17-14-8-6-5-7-12(14)9-16-17/h5-9,11,13,15H,4,10H2,1-3H3. The van der Waals surface area contributed by atoms with Gasteiger partial charge >= 0.3 is 0 Å².